The lowest BCUT2D eigenvalue weighted by Gasteiger charge is -2.09. The van der Waals surface area contributed by atoms with E-state index in [1.807, 2.05) is 5.16 Å². The number of hydrogen-bond donors (Lipinski definition) is 1. The molecule has 1 rings (SSSR count). The average molecular weight is 219 g/mol. The zero-order valence-corrected chi connectivity index (χ0v) is 10.4. The van der Waals surface area contributed by atoms with E-state index in [2.05, 4.69) is 39.0 Å². The van der Waals surface area contributed by atoms with Gasteiger partial charge in [-0.3, -0.25) is 0 Å². The highest BCUT2D eigenvalue weighted by atomic mass is 16.4. The second kappa shape index (κ2) is 6.31. The van der Waals surface area contributed by atoms with Crippen LogP contribution in [0.3, 0.4) is 0 Å². The summed E-state index contributed by atoms with van der Waals surface area (Å²) < 4.78 is 0. The molecule has 0 amide bonds. The molecular weight excluding hydrogens is 198 g/mol. The van der Waals surface area contributed by atoms with E-state index in [1.165, 1.54) is 16.7 Å². The van der Waals surface area contributed by atoms with Crippen LogP contribution in [-0.2, 0) is 12.8 Å². The van der Waals surface area contributed by atoms with E-state index in [4.69, 9.17) is 0 Å². The lowest BCUT2D eigenvalue weighted by molar-refractivity contribution is -0.368. The normalized spacial score (nSPS) is 11.5. The predicted molar refractivity (Wildman–Crippen MR) is 68.4 cm³/mol. The first kappa shape index (κ1) is 12.8. The Balaban J connectivity index is 2.67. The summed E-state index contributed by atoms with van der Waals surface area (Å²) in [6.07, 6.45) is 4.41. The van der Waals surface area contributed by atoms with Crippen LogP contribution in [0.4, 0.5) is 0 Å². The number of hydrogen-bond acceptors (Lipinski definition) is 1. The van der Waals surface area contributed by atoms with Crippen molar-refractivity contribution in [1.82, 2.24) is 0 Å². The zero-order valence-electron chi connectivity index (χ0n) is 10.4. The summed E-state index contributed by atoms with van der Waals surface area (Å²) in [5, 5.41) is 11.9. The molecule has 16 heavy (non-hydrogen) atoms. The summed E-state index contributed by atoms with van der Waals surface area (Å²) >= 11 is 0. The lowest BCUT2D eigenvalue weighted by Crippen LogP contribution is -2.60. The molecule has 0 atom stereocenters. The molecule has 0 bridgehead atoms. The van der Waals surface area contributed by atoms with Crippen molar-refractivity contribution in [3.8, 4) is 0 Å². The fourth-order valence-corrected chi connectivity index (χ4v) is 1.92. The monoisotopic (exact) mass is 219 g/mol. The Kier molecular flexibility index (Phi) is 5.03. The molecule has 0 spiro atoms. The number of aryl methyl sites for hydroxylation is 2. The molecule has 0 unspecified atom stereocenters. The van der Waals surface area contributed by atoms with Gasteiger partial charge in [0.25, 0.3) is 0 Å². The van der Waals surface area contributed by atoms with Crippen LogP contribution in [0.2, 0.25) is 0 Å². The van der Waals surface area contributed by atoms with Crippen LogP contribution in [0.5, 0.6) is 0 Å². The molecule has 0 fully saturated rings. The molecule has 1 aromatic rings. The minimum Gasteiger partial charge on any atom is -0.626 e. The average Bonchev–Trinajstić information content (AvgIpc) is 2.20. The Bertz CT molecular complexity index is 356. The maximum Gasteiger partial charge on any atom is 0.149 e. The van der Waals surface area contributed by atoms with Crippen molar-refractivity contribution < 1.29 is 5.16 Å². The van der Waals surface area contributed by atoms with Crippen molar-refractivity contribution in [2.75, 3.05) is 0 Å². The fraction of sp³-hybridized carbons (Fsp3) is 0.500. The van der Waals surface area contributed by atoms with E-state index in [9.17, 15) is 5.21 Å². The van der Waals surface area contributed by atoms with Crippen molar-refractivity contribution in [2.45, 2.75) is 40.0 Å². The molecule has 1 N–H and O–H groups in total. The second-order valence-electron chi connectivity index (χ2n) is 4.72. The third kappa shape index (κ3) is 4.05. The van der Waals surface area contributed by atoms with Crippen LogP contribution in [0.15, 0.2) is 18.2 Å². The van der Waals surface area contributed by atoms with Crippen molar-refractivity contribution in [1.29, 1.82) is 0 Å². The number of rotatable bonds is 5. The van der Waals surface area contributed by atoms with Gasteiger partial charge >= 0.3 is 0 Å². The molecule has 0 aliphatic rings. The van der Waals surface area contributed by atoms with Crippen molar-refractivity contribution >= 4 is 6.21 Å². The fourth-order valence-electron chi connectivity index (χ4n) is 1.92. The molecule has 0 aliphatic heterocycles. The van der Waals surface area contributed by atoms with Gasteiger partial charge in [0.15, 0.2) is 0 Å². The number of benzene rings is 1. The van der Waals surface area contributed by atoms with Crippen LogP contribution in [-0.4, -0.2) is 6.21 Å². The first-order chi connectivity index (χ1) is 7.63. The molecule has 2 heteroatoms. The summed E-state index contributed by atoms with van der Waals surface area (Å²) in [4.78, 5) is 0. The van der Waals surface area contributed by atoms with E-state index < -0.39 is 0 Å². The van der Waals surface area contributed by atoms with E-state index in [-0.39, 0.29) is 0 Å². The highest BCUT2D eigenvalue weighted by Crippen LogP contribution is 2.15. The first-order valence-electron chi connectivity index (χ1n) is 5.91. The molecule has 0 aromatic heterocycles. The van der Waals surface area contributed by atoms with Crippen LogP contribution in [0.25, 0.3) is 0 Å². The summed E-state index contributed by atoms with van der Waals surface area (Å²) in [6.45, 7) is 6.61. The van der Waals surface area contributed by atoms with Gasteiger partial charge in [-0.15, -0.1) is 0 Å². The maximum absolute atomic E-state index is 10.1. The van der Waals surface area contributed by atoms with Gasteiger partial charge in [0.05, 0.1) is 0 Å². The summed E-state index contributed by atoms with van der Waals surface area (Å²) in [6, 6.07) is 6.65. The Morgan fingerprint density at radius 3 is 2.69 bits per heavy atom. The minimum atomic E-state index is 0.697. The van der Waals surface area contributed by atoms with Gasteiger partial charge in [0.1, 0.15) is 6.21 Å². The third-order valence-corrected chi connectivity index (χ3v) is 2.69. The molecule has 0 aliphatic carbocycles. The van der Waals surface area contributed by atoms with Crippen molar-refractivity contribution in [3.05, 3.63) is 40.1 Å². The molecular formula is C14H21NO. The molecule has 0 saturated carbocycles. The van der Waals surface area contributed by atoms with Crippen molar-refractivity contribution in [2.24, 2.45) is 5.92 Å². The quantitative estimate of drug-likeness (QED) is 0.457. The Labute approximate surface area is 98.0 Å². The van der Waals surface area contributed by atoms with Gasteiger partial charge in [-0.2, -0.15) is 0 Å². The SMILES string of the molecule is Cc1cc(CC(C)C)ccc1CC/C=[NH+]/[O-]. The van der Waals surface area contributed by atoms with Crippen LogP contribution in [0, 0.1) is 18.0 Å². The summed E-state index contributed by atoms with van der Waals surface area (Å²) in [5.41, 5.74) is 4.07. The topological polar surface area (TPSA) is 37.0 Å². The molecule has 1 aromatic carbocycles. The van der Waals surface area contributed by atoms with Gasteiger partial charge < -0.3 is 5.21 Å². The Hall–Kier alpha value is -1.31. The molecule has 0 radical (unpaired) electrons. The maximum atomic E-state index is 10.1. The van der Waals surface area contributed by atoms with Crippen LogP contribution >= 0.6 is 0 Å². The lowest BCUT2D eigenvalue weighted by atomic mass is 9.97. The molecule has 88 valence electrons. The molecule has 2 nitrogen and oxygen atoms in total. The van der Waals surface area contributed by atoms with E-state index >= 15 is 0 Å². The van der Waals surface area contributed by atoms with Crippen LogP contribution in [0.1, 0.15) is 37.0 Å². The standard InChI is InChI=1S/C14H21NO/c1-11(2)9-13-6-7-14(12(3)10-13)5-4-8-15-16/h6-8,10-11,15H,4-5,9H2,1-3H3/b15-8+. The van der Waals surface area contributed by atoms with E-state index in [0.29, 0.717) is 5.92 Å². The minimum absolute atomic E-state index is 0.697. The Morgan fingerprint density at radius 2 is 2.12 bits per heavy atom. The van der Waals surface area contributed by atoms with Crippen LogP contribution < -0.4 is 5.16 Å². The van der Waals surface area contributed by atoms with E-state index in [0.717, 1.165) is 19.3 Å². The smallest absolute Gasteiger partial charge is 0.149 e. The predicted octanol–water partition coefficient (Wildman–Crippen LogP) is 1.78. The first-order valence-corrected chi connectivity index (χ1v) is 5.91. The van der Waals surface area contributed by atoms with Gasteiger partial charge in [0, 0.05) is 6.42 Å². The highest BCUT2D eigenvalue weighted by Gasteiger charge is 2.02. The van der Waals surface area contributed by atoms with E-state index in [1.54, 1.807) is 6.21 Å². The van der Waals surface area contributed by atoms with Gasteiger partial charge in [-0.05, 0) is 42.4 Å². The van der Waals surface area contributed by atoms with Crippen molar-refractivity contribution in [3.63, 3.8) is 0 Å². The summed E-state index contributed by atoms with van der Waals surface area (Å²) in [7, 11) is 0. The Morgan fingerprint density at radius 1 is 1.38 bits per heavy atom. The third-order valence-electron chi connectivity index (χ3n) is 2.69. The molecule has 0 heterocycles. The van der Waals surface area contributed by atoms with Gasteiger partial charge in [-0.25, -0.2) is 5.16 Å². The second-order valence-corrected chi connectivity index (χ2v) is 4.72. The molecule has 0 saturated heterocycles. The van der Waals surface area contributed by atoms with Gasteiger partial charge in [0.2, 0.25) is 0 Å². The summed E-state index contributed by atoms with van der Waals surface area (Å²) in [5.74, 6) is 0.697. The zero-order chi connectivity index (χ0) is 12.0. The highest BCUT2D eigenvalue weighted by molar-refractivity contribution is 5.51. The van der Waals surface area contributed by atoms with Gasteiger partial charge in [-0.1, -0.05) is 32.0 Å². The largest absolute Gasteiger partial charge is 0.626 e. The number of nitrogens with one attached hydrogen (secondary N) is 1.